The molecule has 0 spiro atoms. The van der Waals surface area contributed by atoms with Gasteiger partial charge in [0.25, 0.3) is 5.91 Å². The van der Waals surface area contributed by atoms with Crippen molar-refractivity contribution in [2.24, 2.45) is 5.73 Å². The number of hydrogen-bond acceptors (Lipinski definition) is 3. The number of amides is 2. The fourth-order valence-corrected chi connectivity index (χ4v) is 2.38. The predicted octanol–water partition coefficient (Wildman–Crippen LogP) is 3.42. The summed E-state index contributed by atoms with van der Waals surface area (Å²) in [5.41, 5.74) is 5.57. The smallest absolute Gasteiger partial charge is 0.264 e. The molecule has 5 nitrogen and oxygen atoms in total. The first kappa shape index (κ1) is 19.0. The fraction of sp³-hybridized carbons (Fsp3) is 0.176. The highest BCUT2D eigenvalue weighted by molar-refractivity contribution is 6.34. The van der Waals surface area contributed by atoms with E-state index in [0.717, 1.165) is 0 Å². The van der Waals surface area contributed by atoms with E-state index in [1.54, 1.807) is 12.1 Å². The van der Waals surface area contributed by atoms with Crippen LogP contribution in [0, 0.1) is 5.82 Å². The minimum Gasteiger partial charge on any atom is -0.482 e. The van der Waals surface area contributed by atoms with Gasteiger partial charge in [-0.25, -0.2) is 4.39 Å². The van der Waals surface area contributed by atoms with Gasteiger partial charge in [-0.2, -0.15) is 0 Å². The van der Waals surface area contributed by atoms with Crippen LogP contribution in [0.5, 0.6) is 5.75 Å². The van der Waals surface area contributed by atoms with Crippen molar-refractivity contribution in [3.05, 3.63) is 58.3 Å². The van der Waals surface area contributed by atoms with Crippen LogP contribution in [0.3, 0.4) is 0 Å². The molecule has 0 saturated heterocycles. The molecule has 8 heteroatoms. The molecule has 2 N–H and O–H groups in total. The number of primary amides is 1. The Morgan fingerprint density at radius 3 is 2.44 bits per heavy atom. The van der Waals surface area contributed by atoms with Crippen molar-refractivity contribution in [3.8, 4) is 5.75 Å². The molecule has 0 saturated carbocycles. The van der Waals surface area contributed by atoms with E-state index in [4.69, 9.17) is 33.7 Å². The van der Waals surface area contributed by atoms with E-state index < -0.39 is 17.6 Å². The zero-order chi connectivity index (χ0) is 18.4. The maximum atomic E-state index is 13.1. The van der Waals surface area contributed by atoms with E-state index in [1.165, 1.54) is 35.2 Å². The Kier molecular flexibility index (Phi) is 6.61. The Labute approximate surface area is 154 Å². The van der Waals surface area contributed by atoms with Crippen molar-refractivity contribution in [2.75, 3.05) is 18.1 Å². The fourth-order valence-electron chi connectivity index (χ4n) is 2.05. The van der Waals surface area contributed by atoms with Crippen LogP contribution >= 0.6 is 23.2 Å². The van der Waals surface area contributed by atoms with Crippen molar-refractivity contribution in [1.29, 1.82) is 0 Å². The molecule has 2 aromatic rings. The predicted molar refractivity (Wildman–Crippen MR) is 94.5 cm³/mol. The molecule has 0 atom stereocenters. The van der Waals surface area contributed by atoms with Gasteiger partial charge in [0.2, 0.25) is 5.91 Å². The molecule has 0 aliphatic carbocycles. The molecule has 25 heavy (non-hydrogen) atoms. The lowest BCUT2D eigenvalue weighted by molar-refractivity contribution is -0.120. The Morgan fingerprint density at radius 2 is 1.80 bits per heavy atom. The van der Waals surface area contributed by atoms with Gasteiger partial charge in [-0.05, 0) is 36.4 Å². The number of rotatable bonds is 7. The first-order chi connectivity index (χ1) is 11.9. The highest BCUT2D eigenvalue weighted by Gasteiger charge is 2.18. The first-order valence-corrected chi connectivity index (χ1v) is 8.04. The second-order valence-electron chi connectivity index (χ2n) is 5.10. The van der Waals surface area contributed by atoms with E-state index in [-0.39, 0.29) is 25.3 Å². The first-order valence-electron chi connectivity index (χ1n) is 7.29. The third-order valence-corrected chi connectivity index (χ3v) is 3.81. The highest BCUT2D eigenvalue weighted by Crippen LogP contribution is 2.27. The lowest BCUT2D eigenvalue weighted by atomic mass is 10.2. The second kappa shape index (κ2) is 8.69. The van der Waals surface area contributed by atoms with Crippen molar-refractivity contribution < 1.29 is 18.7 Å². The van der Waals surface area contributed by atoms with Gasteiger partial charge < -0.3 is 15.4 Å². The molecular weight excluding hydrogens is 370 g/mol. The summed E-state index contributed by atoms with van der Waals surface area (Å²) in [5.74, 6) is -1.17. The zero-order valence-electron chi connectivity index (χ0n) is 13.0. The molecule has 0 heterocycles. The molecule has 0 aromatic heterocycles. The molecule has 0 fully saturated rings. The third-order valence-electron chi connectivity index (χ3n) is 3.27. The minimum absolute atomic E-state index is 0.0406. The van der Waals surface area contributed by atoms with E-state index >= 15 is 0 Å². The summed E-state index contributed by atoms with van der Waals surface area (Å²) in [6, 6.07) is 9.93. The van der Waals surface area contributed by atoms with Crippen LogP contribution < -0.4 is 15.4 Å². The van der Waals surface area contributed by atoms with E-state index in [9.17, 15) is 14.0 Å². The number of nitrogens with two attached hydrogens (primary N) is 1. The number of anilines is 1. The Morgan fingerprint density at radius 1 is 1.12 bits per heavy atom. The van der Waals surface area contributed by atoms with Gasteiger partial charge in [-0.3, -0.25) is 9.59 Å². The molecule has 0 bridgehead atoms. The molecular formula is C17H15Cl2FN2O3. The topological polar surface area (TPSA) is 72.6 Å². The molecule has 0 aliphatic rings. The maximum Gasteiger partial charge on any atom is 0.264 e. The van der Waals surface area contributed by atoms with Crippen LogP contribution in [-0.4, -0.2) is 25.0 Å². The number of nitrogens with zero attached hydrogens (tertiary/aromatic N) is 1. The lowest BCUT2D eigenvalue weighted by Crippen LogP contribution is -2.37. The summed E-state index contributed by atoms with van der Waals surface area (Å²) in [5, 5.41) is 0.721. The van der Waals surface area contributed by atoms with Crippen LogP contribution in [0.25, 0.3) is 0 Å². The summed E-state index contributed by atoms with van der Waals surface area (Å²) in [4.78, 5) is 24.8. The van der Waals surface area contributed by atoms with Gasteiger partial charge in [-0.1, -0.05) is 23.2 Å². The normalized spacial score (nSPS) is 10.4. The molecule has 2 aromatic carbocycles. The average Bonchev–Trinajstić information content (AvgIpc) is 2.57. The van der Waals surface area contributed by atoms with Crippen LogP contribution in [0.4, 0.5) is 10.1 Å². The average molecular weight is 385 g/mol. The quantitative estimate of drug-likeness (QED) is 0.794. The van der Waals surface area contributed by atoms with Gasteiger partial charge in [0, 0.05) is 29.7 Å². The largest absolute Gasteiger partial charge is 0.482 e. The summed E-state index contributed by atoms with van der Waals surface area (Å²) in [6.07, 6.45) is -0.0406. The van der Waals surface area contributed by atoms with Crippen LogP contribution in [0.15, 0.2) is 42.5 Å². The van der Waals surface area contributed by atoms with Crippen molar-refractivity contribution in [3.63, 3.8) is 0 Å². The monoisotopic (exact) mass is 384 g/mol. The Balaban J connectivity index is 2.12. The van der Waals surface area contributed by atoms with Crippen LogP contribution in [0.2, 0.25) is 10.0 Å². The highest BCUT2D eigenvalue weighted by atomic mass is 35.5. The zero-order valence-corrected chi connectivity index (χ0v) is 14.6. The summed E-state index contributed by atoms with van der Waals surface area (Å²) in [6.45, 7) is -0.289. The van der Waals surface area contributed by atoms with Gasteiger partial charge in [0.1, 0.15) is 11.6 Å². The van der Waals surface area contributed by atoms with Crippen molar-refractivity contribution >= 4 is 40.7 Å². The maximum absolute atomic E-state index is 13.1. The SMILES string of the molecule is NC(=O)CCN(C(=O)COc1cc(Cl)ccc1Cl)c1ccc(F)cc1. The number of carbonyl (C=O) groups is 2. The summed E-state index contributed by atoms with van der Waals surface area (Å²) < 4.78 is 18.5. The third kappa shape index (κ3) is 5.62. The van der Waals surface area contributed by atoms with Gasteiger partial charge in [-0.15, -0.1) is 0 Å². The number of benzene rings is 2. The van der Waals surface area contributed by atoms with E-state index in [0.29, 0.717) is 15.7 Å². The summed E-state index contributed by atoms with van der Waals surface area (Å²) >= 11 is 11.9. The van der Waals surface area contributed by atoms with Crippen molar-refractivity contribution in [1.82, 2.24) is 0 Å². The van der Waals surface area contributed by atoms with Gasteiger partial charge >= 0.3 is 0 Å². The molecule has 0 aliphatic heterocycles. The molecule has 2 rings (SSSR count). The van der Waals surface area contributed by atoms with Gasteiger partial charge in [0.15, 0.2) is 6.61 Å². The summed E-state index contributed by atoms with van der Waals surface area (Å²) in [7, 11) is 0. The number of hydrogen-bond donors (Lipinski definition) is 1. The molecule has 132 valence electrons. The molecule has 0 radical (unpaired) electrons. The van der Waals surface area contributed by atoms with Crippen LogP contribution in [-0.2, 0) is 9.59 Å². The van der Waals surface area contributed by atoms with Gasteiger partial charge in [0.05, 0.1) is 5.02 Å². The number of halogens is 3. The van der Waals surface area contributed by atoms with E-state index in [2.05, 4.69) is 0 Å². The van der Waals surface area contributed by atoms with Crippen LogP contribution in [0.1, 0.15) is 6.42 Å². The number of ether oxygens (including phenoxy) is 1. The number of carbonyl (C=O) groups excluding carboxylic acids is 2. The molecule has 0 unspecified atom stereocenters. The Bertz CT molecular complexity index is 769. The standard InChI is InChI=1S/C17H15Cl2FN2O3/c18-11-1-6-14(19)15(9-11)25-10-17(24)22(8-7-16(21)23)13-4-2-12(20)3-5-13/h1-6,9H,7-8,10H2,(H2,21,23). The van der Waals surface area contributed by atoms with E-state index in [1.807, 2.05) is 0 Å². The molecule has 2 amide bonds. The second-order valence-corrected chi connectivity index (χ2v) is 5.95. The lowest BCUT2D eigenvalue weighted by Gasteiger charge is -2.22. The van der Waals surface area contributed by atoms with Crippen molar-refractivity contribution in [2.45, 2.75) is 6.42 Å². The minimum atomic E-state index is -0.557. The Hall–Kier alpha value is -2.31.